The zero-order valence-electron chi connectivity index (χ0n) is 9.17. The normalized spacial score (nSPS) is 14.7. The molecule has 0 amide bonds. The summed E-state index contributed by atoms with van der Waals surface area (Å²) in [7, 11) is 4.08. The maximum atomic E-state index is 5.63. The fraction of sp³-hybridized carbons (Fsp3) is 0.889. The fourth-order valence-electron chi connectivity index (χ4n) is 0.703. The van der Waals surface area contributed by atoms with E-state index in [1.165, 1.54) is 0 Å². The SMILES string of the molecule is CCCNC(N)=NCC(C)N(C)C. The van der Waals surface area contributed by atoms with Crippen LogP contribution < -0.4 is 11.1 Å². The monoisotopic (exact) mass is 186 g/mol. The van der Waals surface area contributed by atoms with E-state index < -0.39 is 0 Å². The van der Waals surface area contributed by atoms with Gasteiger partial charge in [-0.1, -0.05) is 6.92 Å². The van der Waals surface area contributed by atoms with Gasteiger partial charge < -0.3 is 16.0 Å². The van der Waals surface area contributed by atoms with Crippen LogP contribution in [0.1, 0.15) is 20.3 Å². The minimum Gasteiger partial charge on any atom is -0.370 e. The van der Waals surface area contributed by atoms with E-state index in [4.69, 9.17) is 5.73 Å². The number of nitrogens with two attached hydrogens (primary N) is 1. The van der Waals surface area contributed by atoms with Gasteiger partial charge in [0, 0.05) is 12.6 Å². The summed E-state index contributed by atoms with van der Waals surface area (Å²) >= 11 is 0. The molecule has 0 aromatic rings. The highest BCUT2D eigenvalue weighted by atomic mass is 15.1. The summed E-state index contributed by atoms with van der Waals surface area (Å²) in [5, 5.41) is 3.04. The summed E-state index contributed by atoms with van der Waals surface area (Å²) in [6.45, 7) is 5.86. The molecule has 0 radical (unpaired) electrons. The third-order valence-electron chi connectivity index (χ3n) is 1.96. The molecule has 0 heterocycles. The quantitative estimate of drug-likeness (QED) is 0.478. The Morgan fingerprint density at radius 3 is 2.62 bits per heavy atom. The van der Waals surface area contributed by atoms with Crippen molar-refractivity contribution in [1.29, 1.82) is 0 Å². The van der Waals surface area contributed by atoms with Crippen LogP contribution in [0.4, 0.5) is 0 Å². The minimum absolute atomic E-state index is 0.432. The zero-order chi connectivity index (χ0) is 10.3. The molecule has 0 aromatic carbocycles. The van der Waals surface area contributed by atoms with E-state index in [1.54, 1.807) is 0 Å². The lowest BCUT2D eigenvalue weighted by molar-refractivity contribution is 0.321. The van der Waals surface area contributed by atoms with Gasteiger partial charge in [0.15, 0.2) is 5.96 Å². The molecule has 4 nitrogen and oxygen atoms in total. The van der Waals surface area contributed by atoms with Crippen molar-refractivity contribution >= 4 is 5.96 Å². The molecule has 1 unspecified atom stereocenters. The Labute approximate surface area is 81.2 Å². The van der Waals surface area contributed by atoms with Crippen LogP contribution in [-0.2, 0) is 0 Å². The van der Waals surface area contributed by atoms with Gasteiger partial charge in [0.25, 0.3) is 0 Å². The standard InChI is InChI=1S/C9H22N4/c1-5-6-11-9(10)12-7-8(2)13(3)4/h8H,5-7H2,1-4H3,(H3,10,11,12). The molecular weight excluding hydrogens is 164 g/mol. The molecule has 0 bridgehead atoms. The van der Waals surface area contributed by atoms with Crippen LogP contribution in [0.2, 0.25) is 0 Å². The van der Waals surface area contributed by atoms with Crippen molar-refractivity contribution in [2.75, 3.05) is 27.2 Å². The summed E-state index contributed by atoms with van der Waals surface area (Å²) in [6.07, 6.45) is 1.07. The first-order valence-electron chi connectivity index (χ1n) is 4.78. The van der Waals surface area contributed by atoms with E-state index in [-0.39, 0.29) is 0 Å². The highest BCUT2D eigenvalue weighted by molar-refractivity contribution is 5.77. The van der Waals surface area contributed by atoms with E-state index >= 15 is 0 Å². The van der Waals surface area contributed by atoms with Crippen molar-refractivity contribution in [2.24, 2.45) is 10.7 Å². The van der Waals surface area contributed by atoms with Crippen molar-refractivity contribution in [3.8, 4) is 0 Å². The molecule has 4 heteroatoms. The number of nitrogens with zero attached hydrogens (tertiary/aromatic N) is 2. The predicted octanol–water partition coefficient (Wildman–Crippen LogP) is 0.251. The summed E-state index contributed by atoms with van der Waals surface area (Å²) in [4.78, 5) is 6.35. The topological polar surface area (TPSA) is 53.6 Å². The largest absolute Gasteiger partial charge is 0.370 e. The van der Waals surface area contributed by atoms with Gasteiger partial charge >= 0.3 is 0 Å². The van der Waals surface area contributed by atoms with Gasteiger partial charge in [-0.25, -0.2) is 0 Å². The highest BCUT2D eigenvalue weighted by Crippen LogP contribution is 1.90. The third-order valence-corrected chi connectivity index (χ3v) is 1.96. The number of aliphatic imine (C=N–C) groups is 1. The minimum atomic E-state index is 0.432. The van der Waals surface area contributed by atoms with Crippen LogP contribution in [0.3, 0.4) is 0 Å². The molecule has 0 aliphatic carbocycles. The number of rotatable bonds is 5. The van der Waals surface area contributed by atoms with Gasteiger partial charge in [-0.15, -0.1) is 0 Å². The van der Waals surface area contributed by atoms with Crippen LogP contribution in [0.5, 0.6) is 0 Å². The van der Waals surface area contributed by atoms with E-state index in [2.05, 4.69) is 29.1 Å². The highest BCUT2D eigenvalue weighted by Gasteiger charge is 2.02. The molecule has 0 fully saturated rings. The zero-order valence-corrected chi connectivity index (χ0v) is 9.17. The molecule has 78 valence electrons. The molecule has 13 heavy (non-hydrogen) atoms. The van der Waals surface area contributed by atoms with E-state index in [0.717, 1.165) is 19.5 Å². The molecule has 0 spiro atoms. The number of likely N-dealkylation sites (N-methyl/N-ethyl adjacent to an activating group) is 1. The van der Waals surface area contributed by atoms with Crippen molar-refractivity contribution in [3.05, 3.63) is 0 Å². The maximum absolute atomic E-state index is 5.63. The third kappa shape index (κ3) is 6.40. The smallest absolute Gasteiger partial charge is 0.188 e. The molecule has 0 aliphatic heterocycles. The summed E-state index contributed by atoms with van der Waals surface area (Å²) in [5.74, 6) is 0.551. The second kappa shape index (κ2) is 6.71. The lowest BCUT2D eigenvalue weighted by Crippen LogP contribution is -2.34. The summed E-state index contributed by atoms with van der Waals surface area (Å²) in [5.41, 5.74) is 5.63. The van der Waals surface area contributed by atoms with E-state index in [9.17, 15) is 0 Å². The van der Waals surface area contributed by atoms with Crippen molar-refractivity contribution < 1.29 is 0 Å². The molecule has 0 rings (SSSR count). The fourth-order valence-corrected chi connectivity index (χ4v) is 0.703. The number of hydrogen-bond acceptors (Lipinski definition) is 2. The second-order valence-corrected chi connectivity index (χ2v) is 3.47. The lowest BCUT2D eigenvalue weighted by atomic mass is 10.3. The van der Waals surface area contributed by atoms with Gasteiger partial charge in [-0.2, -0.15) is 0 Å². The van der Waals surface area contributed by atoms with Crippen LogP contribution >= 0.6 is 0 Å². The number of guanidine groups is 1. The average Bonchev–Trinajstić information content (AvgIpc) is 2.10. The first kappa shape index (κ1) is 12.2. The molecule has 0 saturated heterocycles. The molecular formula is C9H22N4. The Kier molecular flexibility index (Phi) is 6.32. The van der Waals surface area contributed by atoms with Crippen LogP contribution in [-0.4, -0.2) is 44.1 Å². The van der Waals surface area contributed by atoms with Crippen LogP contribution in [0.25, 0.3) is 0 Å². The van der Waals surface area contributed by atoms with Crippen LogP contribution in [0.15, 0.2) is 4.99 Å². The van der Waals surface area contributed by atoms with E-state index in [1.807, 2.05) is 14.1 Å². The molecule has 1 atom stereocenters. The summed E-state index contributed by atoms with van der Waals surface area (Å²) in [6, 6.07) is 0.432. The Bertz CT molecular complexity index is 154. The molecule has 0 saturated carbocycles. The predicted molar refractivity (Wildman–Crippen MR) is 57.9 cm³/mol. The molecule has 0 aliphatic rings. The summed E-state index contributed by atoms with van der Waals surface area (Å²) < 4.78 is 0. The molecule has 3 N–H and O–H groups in total. The van der Waals surface area contributed by atoms with Gasteiger partial charge in [0.1, 0.15) is 0 Å². The van der Waals surface area contributed by atoms with Gasteiger partial charge in [-0.05, 0) is 27.4 Å². The Hall–Kier alpha value is -0.770. The lowest BCUT2D eigenvalue weighted by Gasteiger charge is -2.17. The second-order valence-electron chi connectivity index (χ2n) is 3.47. The Balaban J connectivity index is 3.69. The first-order valence-corrected chi connectivity index (χ1v) is 4.78. The molecule has 0 aromatic heterocycles. The van der Waals surface area contributed by atoms with Crippen molar-refractivity contribution in [2.45, 2.75) is 26.3 Å². The van der Waals surface area contributed by atoms with Crippen molar-refractivity contribution in [3.63, 3.8) is 0 Å². The number of nitrogens with one attached hydrogen (secondary N) is 1. The van der Waals surface area contributed by atoms with Crippen LogP contribution in [0, 0.1) is 0 Å². The van der Waals surface area contributed by atoms with E-state index in [0.29, 0.717) is 12.0 Å². The van der Waals surface area contributed by atoms with Gasteiger partial charge in [0.05, 0.1) is 6.54 Å². The Morgan fingerprint density at radius 2 is 2.15 bits per heavy atom. The van der Waals surface area contributed by atoms with Crippen molar-refractivity contribution in [1.82, 2.24) is 10.2 Å². The Morgan fingerprint density at radius 1 is 1.54 bits per heavy atom. The maximum Gasteiger partial charge on any atom is 0.188 e. The van der Waals surface area contributed by atoms with Gasteiger partial charge in [-0.3, -0.25) is 4.99 Å². The first-order chi connectivity index (χ1) is 6.07. The van der Waals surface area contributed by atoms with Gasteiger partial charge in [0.2, 0.25) is 0 Å². The number of hydrogen-bond donors (Lipinski definition) is 2. The average molecular weight is 186 g/mol.